The van der Waals surface area contributed by atoms with Gasteiger partial charge < -0.3 is 25.0 Å². The van der Waals surface area contributed by atoms with Crippen molar-refractivity contribution in [2.75, 3.05) is 59.5 Å². The van der Waals surface area contributed by atoms with E-state index in [1.54, 1.807) is 0 Å². The van der Waals surface area contributed by atoms with Crippen molar-refractivity contribution in [3.05, 3.63) is 0 Å². The van der Waals surface area contributed by atoms with Crippen molar-refractivity contribution in [1.29, 1.82) is 0 Å². The molecule has 1 amide bonds. The maximum Gasteiger partial charge on any atom is 0.410 e. The SMILES string of the molecule is CN=C(NCC1CCCN(C(=O)OC(C)(C)C)C1)NCC(C(C)C)N1CCOCC1. The number of likely N-dealkylation sites (tertiary alicyclic amines) is 1. The van der Waals surface area contributed by atoms with Gasteiger partial charge in [-0.05, 0) is 45.4 Å². The number of hydrogen-bond donors (Lipinski definition) is 2. The van der Waals surface area contributed by atoms with Crippen LogP contribution in [0, 0.1) is 11.8 Å². The molecule has 0 radical (unpaired) electrons. The van der Waals surface area contributed by atoms with Crippen LogP contribution in [0.4, 0.5) is 4.79 Å². The average molecular weight is 426 g/mol. The Labute approximate surface area is 182 Å². The van der Waals surface area contributed by atoms with Crippen LogP contribution in [0.25, 0.3) is 0 Å². The maximum absolute atomic E-state index is 12.4. The normalized spacial score (nSPS) is 22.7. The molecule has 2 aliphatic rings. The summed E-state index contributed by atoms with van der Waals surface area (Å²) in [4.78, 5) is 21.1. The Hall–Kier alpha value is -1.54. The lowest BCUT2D eigenvalue weighted by atomic mass is 9.98. The predicted molar refractivity (Wildman–Crippen MR) is 121 cm³/mol. The highest BCUT2D eigenvalue weighted by Gasteiger charge is 2.28. The second-order valence-corrected chi connectivity index (χ2v) is 9.73. The number of rotatable bonds is 6. The van der Waals surface area contributed by atoms with E-state index in [0.717, 1.165) is 71.3 Å². The first-order chi connectivity index (χ1) is 14.2. The summed E-state index contributed by atoms with van der Waals surface area (Å²) in [6.07, 6.45) is 1.90. The fourth-order valence-electron chi connectivity index (χ4n) is 4.08. The molecule has 2 aliphatic heterocycles. The number of morpholine rings is 1. The van der Waals surface area contributed by atoms with Crippen molar-refractivity contribution in [3.8, 4) is 0 Å². The van der Waals surface area contributed by atoms with Gasteiger partial charge in [0, 0.05) is 52.4 Å². The van der Waals surface area contributed by atoms with Gasteiger partial charge in [-0.25, -0.2) is 4.79 Å². The Morgan fingerprint density at radius 2 is 1.90 bits per heavy atom. The minimum Gasteiger partial charge on any atom is -0.444 e. The number of carbonyl (C=O) groups excluding carboxylic acids is 1. The molecule has 0 bridgehead atoms. The Morgan fingerprint density at radius 3 is 2.50 bits per heavy atom. The summed E-state index contributed by atoms with van der Waals surface area (Å²) in [5, 5.41) is 6.96. The summed E-state index contributed by atoms with van der Waals surface area (Å²) in [5.41, 5.74) is -0.457. The molecule has 2 saturated heterocycles. The van der Waals surface area contributed by atoms with Crippen LogP contribution in [0.15, 0.2) is 4.99 Å². The van der Waals surface area contributed by atoms with Gasteiger partial charge in [-0.2, -0.15) is 0 Å². The largest absolute Gasteiger partial charge is 0.444 e. The summed E-state index contributed by atoms with van der Waals surface area (Å²) >= 11 is 0. The third-order valence-electron chi connectivity index (χ3n) is 5.72. The van der Waals surface area contributed by atoms with Crippen molar-refractivity contribution >= 4 is 12.1 Å². The number of hydrogen-bond acceptors (Lipinski definition) is 5. The van der Waals surface area contributed by atoms with Crippen LogP contribution in [0.1, 0.15) is 47.5 Å². The van der Waals surface area contributed by atoms with Crippen LogP contribution in [-0.4, -0.2) is 93.0 Å². The standard InChI is InChI=1S/C22H43N5O3/c1-17(2)19(26-10-12-29-13-11-26)15-25-20(23-6)24-14-18-8-7-9-27(16-18)21(28)30-22(3,4)5/h17-19H,7-16H2,1-6H3,(H2,23,24,25). The third-order valence-corrected chi connectivity index (χ3v) is 5.72. The minimum absolute atomic E-state index is 0.208. The van der Waals surface area contributed by atoms with Crippen LogP contribution in [0.5, 0.6) is 0 Å². The van der Waals surface area contributed by atoms with Gasteiger partial charge in [-0.1, -0.05) is 13.8 Å². The Bertz CT molecular complexity index is 555. The highest BCUT2D eigenvalue weighted by molar-refractivity contribution is 5.79. The van der Waals surface area contributed by atoms with Gasteiger partial charge in [0.1, 0.15) is 5.60 Å². The van der Waals surface area contributed by atoms with E-state index in [-0.39, 0.29) is 6.09 Å². The molecule has 2 unspecified atom stereocenters. The van der Waals surface area contributed by atoms with Crippen LogP contribution >= 0.6 is 0 Å². The molecular formula is C22H43N5O3. The highest BCUT2D eigenvalue weighted by atomic mass is 16.6. The Kier molecular flexibility index (Phi) is 9.68. The van der Waals surface area contributed by atoms with Gasteiger partial charge in [0.15, 0.2) is 5.96 Å². The van der Waals surface area contributed by atoms with Crippen LogP contribution in [0.3, 0.4) is 0 Å². The molecule has 0 aliphatic carbocycles. The molecule has 0 aromatic rings. The summed E-state index contributed by atoms with van der Waals surface area (Å²) < 4.78 is 11.0. The average Bonchev–Trinajstić information content (AvgIpc) is 2.70. The molecule has 2 atom stereocenters. The van der Waals surface area contributed by atoms with Crippen molar-refractivity contribution in [2.45, 2.75) is 59.1 Å². The van der Waals surface area contributed by atoms with Gasteiger partial charge in [-0.15, -0.1) is 0 Å². The molecule has 0 aromatic carbocycles. The first-order valence-corrected chi connectivity index (χ1v) is 11.4. The monoisotopic (exact) mass is 425 g/mol. The third kappa shape index (κ3) is 8.30. The zero-order valence-corrected chi connectivity index (χ0v) is 19.9. The number of carbonyl (C=O) groups is 1. The van der Waals surface area contributed by atoms with Crippen molar-refractivity contribution in [2.24, 2.45) is 16.8 Å². The number of guanidine groups is 1. The molecule has 0 aromatic heterocycles. The molecule has 8 nitrogen and oxygen atoms in total. The van der Waals surface area contributed by atoms with Crippen molar-refractivity contribution in [1.82, 2.24) is 20.4 Å². The number of nitrogens with one attached hydrogen (secondary N) is 2. The quantitative estimate of drug-likeness (QED) is 0.502. The van der Waals surface area contributed by atoms with Gasteiger partial charge in [0.2, 0.25) is 0 Å². The first kappa shape index (κ1) is 24.7. The zero-order valence-electron chi connectivity index (χ0n) is 19.9. The van der Waals surface area contributed by atoms with Crippen molar-refractivity contribution < 1.29 is 14.3 Å². The van der Waals surface area contributed by atoms with E-state index in [1.165, 1.54) is 0 Å². The zero-order chi connectivity index (χ0) is 22.1. The lowest BCUT2D eigenvalue weighted by Gasteiger charge is -2.37. The number of ether oxygens (including phenoxy) is 2. The van der Waals surface area contributed by atoms with Crippen molar-refractivity contribution in [3.63, 3.8) is 0 Å². The van der Waals surface area contributed by atoms with E-state index >= 15 is 0 Å². The second kappa shape index (κ2) is 11.7. The van der Waals surface area contributed by atoms with E-state index in [2.05, 4.69) is 34.4 Å². The van der Waals surface area contributed by atoms with Crippen LogP contribution in [-0.2, 0) is 9.47 Å². The smallest absolute Gasteiger partial charge is 0.410 e. The molecule has 8 heteroatoms. The number of amides is 1. The fraction of sp³-hybridized carbons (Fsp3) is 0.909. The molecule has 2 fully saturated rings. The Morgan fingerprint density at radius 1 is 1.20 bits per heavy atom. The van der Waals surface area contributed by atoms with E-state index < -0.39 is 5.60 Å². The van der Waals surface area contributed by atoms with Crippen LogP contribution < -0.4 is 10.6 Å². The lowest BCUT2D eigenvalue weighted by Crippen LogP contribution is -2.53. The highest BCUT2D eigenvalue weighted by Crippen LogP contribution is 2.19. The lowest BCUT2D eigenvalue weighted by molar-refractivity contribution is 0.00751. The fourth-order valence-corrected chi connectivity index (χ4v) is 4.08. The summed E-state index contributed by atoms with van der Waals surface area (Å²) in [7, 11) is 1.81. The summed E-state index contributed by atoms with van der Waals surface area (Å²) in [6.45, 7) is 17.0. The molecular weight excluding hydrogens is 382 g/mol. The molecule has 174 valence electrons. The molecule has 2 rings (SSSR count). The number of aliphatic imine (C=N–C) groups is 1. The van der Waals surface area contributed by atoms with E-state index in [0.29, 0.717) is 17.9 Å². The first-order valence-electron chi connectivity index (χ1n) is 11.4. The molecule has 30 heavy (non-hydrogen) atoms. The van der Waals surface area contributed by atoms with E-state index in [9.17, 15) is 4.79 Å². The van der Waals surface area contributed by atoms with Crippen LogP contribution in [0.2, 0.25) is 0 Å². The number of nitrogens with zero attached hydrogens (tertiary/aromatic N) is 3. The second-order valence-electron chi connectivity index (χ2n) is 9.73. The van der Waals surface area contributed by atoms with Gasteiger partial charge in [-0.3, -0.25) is 9.89 Å². The summed E-state index contributed by atoms with van der Waals surface area (Å²) in [6, 6.07) is 0.449. The molecule has 2 N–H and O–H groups in total. The van der Waals surface area contributed by atoms with E-state index in [4.69, 9.17) is 9.47 Å². The predicted octanol–water partition coefficient (Wildman–Crippen LogP) is 2.16. The molecule has 0 saturated carbocycles. The molecule has 2 heterocycles. The Balaban J connectivity index is 1.79. The van der Waals surface area contributed by atoms with Gasteiger partial charge in [0.25, 0.3) is 0 Å². The van der Waals surface area contributed by atoms with E-state index in [1.807, 2.05) is 32.7 Å². The minimum atomic E-state index is -0.457. The molecule has 0 spiro atoms. The van der Waals surface area contributed by atoms with Gasteiger partial charge in [0.05, 0.1) is 13.2 Å². The summed E-state index contributed by atoms with van der Waals surface area (Å²) in [5.74, 6) is 1.77. The topological polar surface area (TPSA) is 78.4 Å². The maximum atomic E-state index is 12.4. The van der Waals surface area contributed by atoms with Gasteiger partial charge >= 0.3 is 6.09 Å². The number of piperidine rings is 1.